The summed E-state index contributed by atoms with van der Waals surface area (Å²) in [7, 11) is -1.86. The van der Waals surface area contributed by atoms with E-state index in [1.807, 2.05) is 24.3 Å². The normalized spacial score (nSPS) is 17.3. The summed E-state index contributed by atoms with van der Waals surface area (Å²) in [6.07, 6.45) is 6.85. The molecule has 1 amide bonds. The van der Waals surface area contributed by atoms with Gasteiger partial charge in [-0.25, -0.2) is 8.42 Å². The summed E-state index contributed by atoms with van der Waals surface area (Å²) in [5, 5.41) is 0. The van der Waals surface area contributed by atoms with Crippen LogP contribution in [0, 0.1) is 0 Å². The van der Waals surface area contributed by atoms with Gasteiger partial charge in [0.25, 0.3) is 5.91 Å². The molecule has 0 unspecified atom stereocenters. The topological polar surface area (TPSA) is 66.9 Å². The van der Waals surface area contributed by atoms with Gasteiger partial charge < -0.3 is 9.64 Å². The van der Waals surface area contributed by atoms with Gasteiger partial charge in [0.1, 0.15) is 5.75 Å². The van der Waals surface area contributed by atoms with Crippen LogP contribution < -0.4 is 9.64 Å². The van der Waals surface area contributed by atoms with Gasteiger partial charge in [-0.2, -0.15) is 4.31 Å². The average Bonchev–Trinajstić information content (AvgIpc) is 3.21. The van der Waals surface area contributed by atoms with E-state index in [1.54, 1.807) is 46.7 Å². The maximum atomic E-state index is 12.9. The van der Waals surface area contributed by atoms with Gasteiger partial charge in [0.05, 0.1) is 12.0 Å². The number of benzene rings is 2. The van der Waals surface area contributed by atoms with Crippen molar-refractivity contribution in [2.24, 2.45) is 0 Å². The van der Waals surface area contributed by atoms with Crippen molar-refractivity contribution >= 4 is 27.7 Å². The van der Waals surface area contributed by atoms with Crippen molar-refractivity contribution in [2.75, 3.05) is 31.6 Å². The summed E-state index contributed by atoms with van der Waals surface area (Å²) in [5.41, 5.74) is 2.56. The van der Waals surface area contributed by atoms with Crippen LogP contribution in [0.1, 0.15) is 30.4 Å². The SMILES string of the molecule is COc1cccc(/C=C/C(=O)N2CCc3cc(S(=O)(=O)N4CCCCC4)ccc32)c1. The first kappa shape index (κ1) is 20.6. The van der Waals surface area contributed by atoms with E-state index in [0.29, 0.717) is 31.0 Å². The van der Waals surface area contributed by atoms with Gasteiger partial charge in [0, 0.05) is 31.4 Å². The quantitative estimate of drug-likeness (QED) is 0.687. The third-order valence-electron chi connectivity index (χ3n) is 5.68. The number of amides is 1. The number of rotatable bonds is 5. The van der Waals surface area contributed by atoms with E-state index in [-0.39, 0.29) is 5.91 Å². The Hall–Kier alpha value is -2.64. The van der Waals surface area contributed by atoms with Crippen LogP contribution in [0.15, 0.2) is 53.4 Å². The molecule has 1 saturated heterocycles. The monoisotopic (exact) mass is 426 g/mol. The predicted molar refractivity (Wildman–Crippen MR) is 117 cm³/mol. The highest BCUT2D eigenvalue weighted by Crippen LogP contribution is 2.32. The minimum Gasteiger partial charge on any atom is -0.497 e. The van der Waals surface area contributed by atoms with Gasteiger partial charge >= 0.3 is 0 Å². The molecular weight excluding hydrogens is 400 g/mol. The van der Waals surface area contributed by atoms with Crippen LogP contribution >= 0.6 is 0 Å². The van der Waals surface area contributed by atoms with Crippen LogP contribution in [-0.2, 0) is 21.2 Å². The Morgan fingerprint density at radius 3 is 2.60 bits per heavy atom. The number of anilines is 1. The molecular formula is C23H26N2O4S. The number of nitrogens with zero attached hydrogens (tertiary/aromatic N) is 2. The zero-order chi connectivity index (χ0) is 21.1. The minimum atomic E-state index is -3.47. The van der Waals surface area contributed by atoms with Crippen molar-refractivity contribution < 1.29 is 17.9 Å². The zero-order valence-electron chi connectivity index (χ0n) is 17.1. The van der Waals surface area contributed by atoms with E-state index < -0.39 is 10.0 Å². The van der Waals surface area contributed by atoms with E-state index in [9.17, 15) is 13.2 Å². The Balaban J connectivity index is 1.51. The van der Waals surface area contributed by atoms with E-state index in [4.69, 9.17) is 4.74 Å². The first-order valence-electron chi connectivity index (χ1n) is 10.3. The molecule has 2 aromatic carbocycles. The molecule has 2 aliphatic heterocycles. The van der Waals surface area contributed by atoms with Crippen LogP contribution in [-0.4, -0.2) is 45.4 Å². The number of carbonyl (C=O) groups excluding carboxylic acids is 1. The van der Waals surface area contributed by atoms with Crippen LogP contribution in [0.5, 0.6) is 5.75 Å². The number of methoxy groups -OCH3 is 1. The molecule has 2 aliphatic rings. The van der Waals surface area contributed by atoms with Crippen molar-refractivity contribution in [1.29, 1.82) is 0 Å². The molecule has 0 aliphatic carbocycles. The minimum absolute atomic E-state index is 0.122. The Morgan fingerprint density at radius 2 is 1.83 bits per heavy atom. The molecule has 7 heteroatoms. The largest absolute Gasteiger partial charge is 0.497 e. The fraction of sp³-hybridized carbons (Fsp3) is 0.348. The van der Waals surface area contributed by atoms with Gasteiger partial charge in [-0.05, 0) is 66.8 Å². The Kier molecular flexibility index (Phi) is 5.92. The first-order valence-corrected chi connectivity index (χ1v) is 11.7. The van der Waals surface area contributed by atoms with Crippen molar-refractivity contribution in [3.8, 4) is 5.75 Å². The number of carbonyl (C=O) groups is 1. The fourth-order valence-corrected chi connectivity index (χ4v) is 5.59. The number of fused-ring (bicyclic) bond motifs is 1. The Morgan fingerprint density at radius 1 is 1.03 bits per heavy atom. The molecule has 0 aromatic heterocycles. The molecule has 158 valence electrons. The Labute approximate surface area is 177 Å². The van der Waals surface area contributed by atoms with E-state index in [1.165, 1.54) is 0 Å². The fourth-order valence-electron chi connectivity index (χ4n) is 4.02. The number of ether oxygens (including phenoxy) is 1. The maximum Gasteiger partial charge on any atom is 0.251 e. The molecule has 1 fully saturated rings. The number of hydrogen-bond donors (Lipinski definition) is 0. The standard InChI is InChI=1S/C23H26N2O4S/c1-29-20-7-5-6-18(16-20)8-11-23(26)25-15-12-19-17-21(9-10-22(19)25)30(27,28)24-13-3-2-4-14-24/h5-11,16-17H,2-4,12-15H2,1H3/b11-8+. The highest BCUT2D eigenvalue weighted by atomic mass is 32.2. The first-order chi connectivity index (χ1) is 14.5. The lowest BCUT2D eigenvalue weighted by atomic mass is 10.2. The van der Waals surface area contributed by atoms with Gasteiger partial charge in [-0.1, -0.05) is 18.6 Å². The molecule has 0 atom stereocenters. The molecule has 0 N–H and O–H groups in total. The van der Waals surface area contributed by atoms with Crippen molar-refractivity contribution in [2.45, 2.75) is 30.6 Å². The van der Waals surface area contributed by atoms with Crippen LogP contribution in [0.25, 0.3) is 6.08 Å². The molecule has 4 rings (SSSR count). The Bertz CT molecular complexity index is 1070. The average molecular weight is 427 g/mol. The molecule has 30 heavy (non-hydrogen) atoms. The second-order valence-corrected chi connectivity index (χ2v) is 9.54. The summed E-state index contributed by atoms with van der Waals surface area (Å²) in [5.74, 6) is 0.613. The van der Waals surface area contributed by atoms with E-state index in [2.05, 4.69) is 0 Å². The van der Waals surface area contributed by atoms with Crippen molar-refractivity contribution in [3.05, 3.63) is 59.7 Å². The van der Waals surface area contributed by atoms with Gasteiger partial charge in [-0.15, -0.1) is 0 Å². The molecule has 2 heterocycles. The highest BCUT2D eigenvalue weighted by molar-refractivity contribution is 7.89. The zero-order valence-corrected chi connectivity index (χ0v) is 17.9. The lowest BCUT2D eigenvalue weighted by Crippen LogP contribution is -2.35. The van der Waals surface area contributed by atoms with Gasteiger partial charge in [-0.3, -0.25) is 4.79 Å². The van der Waals surface area contributed by atoms with E-state index >= 15 is 0 Å². The predicted octanol–water partition coefficient (Wildman–Crippen LogP) is 3.47. The van der Waals surface area contributed by atoms with Crippen LogP contribution in [0.2, 0.25) is 0 Å². The molecule has 6 nitrogen and oxygen atoms in total. The van der Waals surface area contributed by atoms with Crippen LogP contribution in [0.3, 0.4) is 0 Å². The molecule has 0 bridgehead atoms. The lowest BCUT2D eigenvalue weighted by Gasteiger charge is -2.26. The molecule has 0 spiro atoms. The lowest BCUT2D eigenvalue weighted by molar-refractivity contribution is -0.114. The maximum absolute atomic E-state index is 12.9. The summed E-state index contributed by atoms with van der Waals surface area (Å²) < 4.78 is 32.7. The summed E-state index contributed by atoms with van der Waals surface area (Å²) in [4.78, 5) is 14.8. The second kappa shape index (κ2) is 8.62. The number of sulfonamides is 1. The van der Waals surface area contributed by atoms with Gasteiger partial charge in [0.2, 0.25) is 10.0 Å². The van der Waals surface area contributed by atoms with Crippen LogP contribution in [0.4, 0.5) is 5.69 Å². The smallest absolute Gasteiger partial charge is 0.251 e. The molecule has 2 aromatic rings. The van der Waals surface area contributed by atoms with Gasteiger partial charge in [0.15, 0.2) is 0 Å². The number of hydrogen-bond acceptors (Lipinski definition) is 4. The van der Waals surface area contributed by atoms with Crippen molar-refractivity contribution in [1.82, 2.24) is 4.31 Å². The van der Waals surface area contributed by atoms with E-state index in [0.717, 1.165) is 41.8 Å². The third kappa shape index (κ3) is 4.13. The summed E-state index contributed by atoms with van der Waals surface area (Å²) in [6.45, 7) is 1.71. The second-order valence-electron chi connectivity index (χ2n) is 7.61. The molecule has 0 radical (unpaired) electrons. The molecule has 0 saturated carbocycles. The third-order valence-corrected chi connectivity index (χ3v) is 7.57. The summed E-state index contributed by atoms with van der Waals surface area (Å²) >= 11 is 0. The summed E-state index contributed by atoms with van der Waals surface area (Å²) in [6, 6.07) is 12.6. The highest BCUT2D eigenvalue weighted by Gasteiger charge is 2.29. The number of piperidine rings is 1. The van der Waals surface area contributed by atoms with Crippen molar-refractivity contribution in [3.63, 3.8) is 0 Å².